The zero-order chi connectivity index (χ0) is 24.1. The standard InChI is InChI=1S/C23H23F3N6O2/c1-34-17-8-6-15(7-9-17)12-20(21-28-18-4-2-3-5-19(18)29-21)30-22(33)27-13-16-10-11-32(31-16)14-23(24,25)26/h2-11,20H,12-14H2,1H3,(H,28,29)(H2,27,30,33). The number of carbonyl (C=O) groups is 1. The van der Waals surface area contributed by atoms with Crippen LogP contribution in [-0.4, -0.2) is 39.1 Å². The molecule has 8 nitrogen and oxygen atoms in total. The number of carbonyl (C=O) groups excluding carboxylic acids is 1. The minimum Gasteiger partial charge on any atom is -0.497 e. The Morgan fingerprint density at radius 2 is 1.91 bits per heavy atom. The first-order valence-corrected chi connectivity index (χ1v) is 10.5. The minimum absolute atomic E-state index is 0.0217. The van der Waals surface area contributed by atoms with E-state index < -0.39 is 24.8 Å². The summed E-state index contributed by atoms with van der Waals surface area (Å²) in [6, 6.07) is 15.5. The van der Waals surface area contributed by atoms with E-state index in [1.807, 2.05) is 48.5 Å². The van der Waals surface area contributed by atoms with Crippen LogP contribution in [0.4, 0.5) is 18.0 Å². The second-order valence-corrected chi connectivity index (χ2v) is 7.69. The van der Waals surface area contributed by atoms with Crippen LogP contribution in [0, 0.1) is 0 Å². The number of benzene rings is 2. The summed E-state index contributed by atoms with van der Waals surface area (Å²) in [7, 11) is 1.59. The average molecular weight is 472 g/mol. The fraction of sp³-hybridized carbons (Fsp3) is 0.261. The SMILES string of the molecule is COc1ccc(CC(NC(=O)NCc2ccn(CC(F)(F)F)n2)c2nc3ccccc3[nH]2)cc1. The number of amides is 2. The Morgan fingerprint density at radius 1 is 1.15 bits per heavy atom. The fourth-order valence-electron chi connectivity index (χ4n) is 3.50. The molecule has 0 aliphatic rings. The van der Waals surface area contributed by atoms with Gasteiger partial charge in [0.1, 0.15) is 18.1 Å². The molecule has 2 aromatic heterocycles. The number of nitrogens with one attached hydrogen (secondary N) is 3. The number of imidazole rings is 1. The van der Waals surface area contributed by atoms with Gasteiger partial charge in [0.05, 0.1) is 36.4 Å². The van der Waals surface area contributed by atoms with Gasteiger partial charge in [-0.1, -0.05) is 24.3 Å². The maximum Gasteiger partial charge on any atom is 0.408 e. The fourth-order valence-corrected chi connectivity index (χ4v) is 3.50. The molecule has 0 saturated heterocycles. The smallest absolute Gasteiger partial charge is 0.408 e. The van der Waals surface area contributed by atoms with Crippen LogP contribution < -0.4 is 15.4 Å². The largest absolute Gasteiger partial charge is 0.497 e. The monoisotopic (exact) mass is 472 g/mol. The maximum atomic E-state index is 12.6. The maximum absolute atomic E-state index is 12.6. The summed E-state index contributed by atoms with van der Waals surface area (Å²) in [6.07, 6.45) is -2.68. The summed E-state index contributed by atoms with van der Waals surface area (Å²) in [4.78, 5) is 20.5. The van der Waals surface area contributed by atoms with E-state index in [4.69, 9.17) is 4.74 Å². The molecule has 1 unspecified atom stereocenters. The number of aromatic amines is 1. The van der Waals surface area contributed by atoms with Gasteiger partial charge in [-0.15, -0.1) is 0 Å². The lowest BCUT2D eigenvalue weighted by molar-refractivity contribution is -0.142. The van der Waals surface area contributed by atoms with Gasteiger partial charge in [0.15, 0.2) is 0 Å². The van der Waals surface area contributed by atoms with E-state index in [0.29, 0.717) is 17.9 Å². The van der Waals surface area contributed by atoms with Crippen molar-refractivity contribution in [3.8, 4) is 5.75 Å². The number of fused-ring (bicyclic) bond motifs is 1. The molecule has 0 radical (unpaired) electrons. The van der Waals surface area contributed by atoms with Crippen molar-refractivity contribution < 1.29 is 22.7 Å². The van der Waals surface area contributed by atoms with Crippen molar-refractivity contribution >= 4 is 17.1 Å². The number of ether oxygens (including phenoxy) is 1. The number of H-pyrrole nitrogens is 1. The van der Waals surface area contributed by atoms with Crippen molar-refractivity contribution in [2.24, 2.45) is 0 Å². The third kappa shape index (κ3) is 6.06. The summed E-state index contributed by atoms with van der Waals surface area (Å²) in [5, 5.41) is 9.38. The number of aromatic nitrogens is 4. The first-order chi connectivity index (χ1) is 16.3. The Morgan fingerprint density at radius 3 is 2.62 bits per heavy atom. The third-order valence-electron chi connectivity index (χ3n) is 5.11. The van der Waals surface area contributed by atoms with E-state index in [2.05, 4.69) is 25.7 Å². The second kappa shape index (κ2) is 9.86. The summed E-state index contributed by atoms with van der Waals surface area (Å²) < 4.78 is 43.5. The highest BCUT2D eigenvalue weighted by atomic mass is 19.4. The summed E-state index contributed by atoms with van der Waals surface area (Å²) >= 11 is 0. The molecule has 0 spiro atoms. The van der Waals surface area contributed by atoms with Crippen molar-refractivity contribution in [2.45, 2.75) is 31.7 Å². The normalized spacial score (nSPS) is 12.5. The molecular weight excluding hydrogens is 449 g/mol. The molecule has 0 fully saturated rings. The van der Waals surface area contributed by atoms with Crippen LogP contribution in [0.15, 0.2) is 60.8 Å². The quantitative estimate of drug-likeness (QED) is 0.360. The molecule has 1 atom stereocenters. The highest BCUT2D eigenvalue weighted by Crippen LogP contribution is 2.21. The molecule has 0 aliphatic heterocycles. The molecule has 3 N–H and O–H groups in total. The number of nitrogens with zero attached hydrogens (tertiary/aromatic N) is 3. The van der Waals surface area contributed by atoms with Gasteiger partial charge >= 0.3 is 12.2 Å². The van der Waals surface area contributed by atoms with Gasteiger partial charge in [-0.2, -0.15) is 18.3 Å². The Labute approximate surface area is 193 Å². The lowest BCUT2D eigenvalue weighted by atomic mass is 10.1. The van der Waals surface area contributed by atoms with Crippen molar-refractivity contribution in [1.82, 2.24) is 30.4 Å². The molecule has 4 aromatic rings. The lowest BCUT2D eigenvalue weighted by Crippen LogP contribution is -2.39. The van der Waals surface area contributed by atoms with Gasteiger partial charge in [-0.05, 0) is 42.3 Å². The minimum atomic E-state index is -4.37. The highest BCUT2D eigenvalue weighted by Gasteiger charge is 2.28. The Kier molecular flexibility index (Phi) is 6.71. The number of hydrogen-bond donors (Lipinski definition) is 3. The van der Waals surface area contributed by atoms with Gasteiger partial charge < -0.3 is 20.4 Å². The van der Waals surface area contributed by atoms with Gasteiger partial charge in [0.25, 0.3) is 0 Å². The number of urea groups is 1. The van der Waals surface area contributed by atoms with Crippen LogP contribution in [0.5, 0.6) is 5.75 Å². The van der Waals surface area contributed by atoms with Crippen LogP contribution in [-0.2, 0) is 19.5 Å². The van der Waals surface area contributed by atoms with Crippen molar-refractivity contribution in [1.29, 1.82) is 0 Å². The van der Waals surface area contributed by atoms with E-state index in [1.54, 1.807) is 7.11 Å². The van der Waals surface area contributed by atoms with Crippen LogP contribution in [0.3, 0.4) is 0 Å². The number of alkyl halides is 3. The number of para-hydroxylation sites is 2. The van der Waals surface area contributed by atoms with E-state index in [9.17, 15) is 18.0 Å². The Bertz CT molecular complexity index is 1220. The van der Waals surface area contributed by atoms with Gasteiger partial charge in [-0.25, -0.2) is 9.78 Å². The first kappa shape index (κ1) is 23.1. The first-order valence-electron chi connectivity index (χ1n) is 10.5. The van der Waals surface area contributed by atoms with Crippen LogP contribution in [0.2, 0.25) is 0 Å². The van der Waals surface area contributed by atoms with E-state index >= 15 is 0 Å². The Hall–Kier alpha value is -4.02. The molecule has 0 saturated carbocycles. The zero-order valence-electron chi connectivity index (χ0n) is 18.3. The summed E-state index contributed by atoms with van der Waals surface area (Å²) in [5.41, 5.74) is 2.89. The van der Waals surface area contributed by atoms with E-state index in [1.165, 1.54) is 12.3 Å². The molecule has 4 rings (SSSR count). The van der Waals surface area contributed by atoms with E-state index in [0.717, 1.165) is 27.0 Å². The number of hydrogen-bond acceptors (Lipinski definition) is 4. The molecule has 0 bridgehead atoms. The predicted octanol–water partition coefficient (Wildman–Crippen LogP) is 4.11. The van der Waals surface area contributed by atoms with Gasteiger partial charge in [0, 0.05) is 6.20 Å². The third-order valence-corrected chi connectivity index (χ3v) is 5.11. The van der Waals surface area contributed by atoms with Gasteiger partial charge in [-0.3, -0.25) is 4.68 Å². The topological polar surface area (TPSA) is 96.9 Å². The molecule has 11 heteroatoms. The zero-order valence-corrected chi connectivity index (χ0v) is 18.3. The number of halogens is 3. The van der Waals surface area contributed by atoms with Crippen LogP contribution in [0.25, 0.3) is 11.0 Å². The molecule has 2 heterocycles. The molecule has 0 aliphatic carbocycles. The Balaban J connectivity index is 1.45. The number of rotatable bonds is 8. The molecule has 2 amide bonds. The average Bonchev–Trinajstić information content (AvgIpc) is 3.43. The summed E-state index contributed by atoms with van der Waals surface area (Å²) in [5.74, 6) is 1.31. The molecule has 2 aromatic carbocycles. The second-order valence-electron chi connectivity index (χ2n) is 7.69. The van der Waals surface area contributed by atoms with Crippen LogP contribution in [0.1, 0.15) is 23.1 Å². The van der Waals surface area contributed by atoms with Crippen molar-refractivity contribution in [3.63, 3.8) is 0 Å². The predicted molar refractivity (Wildman–Crippen MR) is 119 cm³/mol. The van der Waals surface area contributed by atoms with Crippen molar-refractivity contribution in [2.75, 3.05) is 7.11 Å². The van der Waals surface area contributed by atoms with E-state index in [-0.39, 0.29) is 6.54 Å². The number of methoxy groups -OCH3 is 1. The van der Waals surface area contributed by atoms with Crippen molar-refractivity contribution in [3.05, 3.63) is 77.9 Å². The van der Waals surface area contributed by atoms with Gasteiger partial charge in [0.2, 0.25) is 0 Å². The molecular formula is C23H23F3N6O2. The highest BCUT2D eigenvalue weighted by molar-refractivity contribution is 5.76. The molecule has 34 heavy (non-hydrogen) atoms. The lowest BCUT2D eigenvalue weighted by Gasteiger charge is -2.17. The molecule has 178 valence electrons. The summed E-state index contributed by atoms with van der Waals surface area (Å²) in [6.45, 7) is -1.21. The van der Waals surface area contributed by atoms with Crippen LogP contribution >= 0.6 is 0 Å².